The van der Waals surface area contributed by atoms with Gasteiger partial charge in [-0.3, -0.25) is 4.79 Å². The molecule has 2 aliphatic heterocycles. The average molecular weight is 262 g/mol. The van der Waals surface area contributed by atoms with Gasteiger partial charge in [0.2, 0.25) is 0 Å². The van der Waals surface area contributed by atoms with Gasteiger partial charge in [-0.05, 0) is 25.0 Å². The summed E-state index contributed by atoms with van der Waals surface area (Å²) in [5.74, 6) is 0.796. The molecule has 19 heavy (non-hydrogen) atoms. The molecule has 102 valence electrons. The fourth-order valence-electron chi connectivity index (χ4n) is 2.76. The van der Waals surface area contributed by atoms with E-state index in [1.165, 1.54) is 0 Å². The lowest BCUT2D eigenvalue weighted by atomic mass is 10.2. The van der Waals surface area contributed by atoms with Gasteiger partial charge < -0.3 is 15.0 Å². The van der Waals surface area contributed by atoms with Crippen LogP contribution in [0, 0.1) is 0 Å². The second kappa shape index (κ2) is 5.52. The number of hydrogen-bond donors (Lipinski definition) is 1. The van der Waals surface area contributed by atoms with E-state index in [4.69, 9.17) is 4.74 Å². The van der Waals surface area contributed by atoms with Gasteiger partial charge in [0, 0.05) is 31.7 Å². The molecule has 3 rings (SSSR count). The molecular formula is C13H18N4O2. The molecule has 0 amide bonds. The van der Waals surface area contributed by atoms with Crippen molar-refractivity contribution in [1.29, 1.82) is 0 Å². The van der Waals surface area contributed by atoms with Crippen molar-refractivity contribution in [2.45, 2.75) is 31.3 Å². The quantitative estimate of drug-likeness (QED) is 0.790. The van der Waals surface area contributed by atoms with Crippen molar-refractivity contribution >= 4 is 11.8 Å². The lowest BCUT2D eigenvalue weighted by Crippen LogP contribution is -2.43. The Hall–Kier alpha value is -1.69. The number of aromatic nitrogens is 2. The van der Waals surface area contributed by atoms with Crippen LogP contribution in [0.1, 0.15) is 19.3 Å². The summed E-state index contributed by atoms with van der Waals surface area (Å²) in [6.07, 6.45) is 4.72. The van der Waals surface area contributed by atoms with Crippen LogP contribution in [0.15, 0.2) is 18.3 Å². The number of nitrogens with one attached hydrogen (secondary N) is 1. The molecule has 0 spiro atoms. The minimum absolute atomic E-state index is 0.121. The Morgan fingerprint density at radius 3 is 3.16 bits per heavy atom. The van der Waals surface area contributed by atoms with Crippen molar-refractivity contribution < 1.29 is 9.53 Å². The number of hydrogen-bond acceptors (Lipinski definition) is 6. The second-order valence-electron chi connectivity index (χ2n) is 4.99. The smallest absolute Gasteiger partial charge is 0.323 e. The highest BCUT2D eigenvalue weighted by molar-refractivity contribution is 5.77. The predicted octanol–water partition coefficient (Wildman–Crippen LogP) is 0.350. The van der Waals surface area contributed by atoms with Gasteiger partial charge in [-0.15, -0.1) is 5.10 Å². The van der Waals surface area contributed by atoms with Crippen LogP contribution in [0.5, 0.6) is 0 Å². The molecule has 2 atom stereocenters. The van der Waals surface area contributed by atoms with Gasteiger partial charge in [-0.2, -0.15) is 5.10 Å². The second-order valence-corrected chi connectivity index (χ2v) is 4.99. The van der Waals surface area contributed by atoms with E-state index < -0.39 is 0 Å². The van der Waals surface area contributed by atoms with E-state index in [0.29, 0.717) is 12.6 Å². The van der Waals surface area contributed by atoms with Crippen molar-refractivity contribution in [3.8, 4) is 0 Å². The summed E-state index contributed by atoms with van der Waals surface area (Å²) in [4.78, 5) is 13.7. The first-order valence-electron chi connectivity index (χ1n) is 6.79. The Balaban J connectivity index is 1.59. The molecule has 1 aromatic heterocycles. The van der Waals surface area contributed by atoms with E-state index in [1.54, 1.807) is 6.20 Å². The number of cyclic esters (lactones) is 1. The maximum absolute atomic E-state index is 11.4. The van der Waals surface area contributed by atoms with Crippen LogP contribution in [-0.2, 0) is 9.53 Å². The fraction of sp³-hybridized carbons (Fsp3) is 0.615. The molecule has 2 saturated heterocycles. The predicted molar refractivity (Wildman–Crippen MR) is 69.8 cm³/mol. The molecule has 0 unspecified atom stereocenters. The van der Waals surface area contributed by atoms with E-state index >= 15 is 0 Å². The van der Waals surface area contributed by atoms with Gasteiger partial charge in [-0.25, -0.2) is 0 Å². The SMILES string of the molecule is O=C1OCC[C@H]1NC[C@@H]1CCCN1c1cccnn1. The number of anilines is 1. The first-order chi connectivity index (χ1) is 9.34. The fourth-order valence-corrected chi connectivity index (χ4v) is 2.76. The molecule has 6 nitrogen and oxygen atoms in total. The zero-order valence-electron chi connectivity index (χ0n) is 10.8. The van der Waals surface area contributed by atoms with Crippen LogP contribution in [0.25, 0.3) is 0 Å². The molecule has 0 aliphatic carbocycles. The molecule has 1 aromatic rings. The van der Waals surface area contributed by atoms with Crippen molar-refractivity contribution in [1.82, 2.24) is 15.5 Å². The topological polar surface area (TPSA) is 67.3 Å². The van der Waals surface area contributed by atoms with E-state index in [2.05, 4.69) is 20.4 Å². The number of nitrogens with zero attached hydrogens (tertiary/aromatic N) is 3. The summed E-state index contributed by atoms with van der Waals surface area (Å²) < 4.78 is 4.95. The van der Waals surface area contributed by atoms with E-state index in [9.17, 15) is 4.79 Å². The summed E-state index contributed by atoms with van der Waals surface area (Å²) in [5, 5.41) is 11.4. The first kappa shape index (κ1) is 12.3. The maximum atomic E-state index is 11.4. The normalized spacial score (nSPS) is 26.7. The van der Waals surface area contributed by atoms with Crippen LogP contribution < -0.4 is 10.2 Å². The molecule has 6 heteroatoms. The van der Waals surface area contributed by atoms with E-state index in [1.807, 2.05) is 12.1 Å². The molecule has 0 bridgehead atoms. The van der Waals surface area contributed by atoms with Gasteiger partial charge in [-0.1, -0.05) is 0 Å². The summed E-state index contributed by atoms with van der Waals surface area (Å²) in [7, 11) is 0. The molecule has 0 saturated carbocycles. The Kier molecular flexibility index (Phi) is 3.59. The molecule has 3 heterocycles. The first-order valence-corrected chi connectivity index (χ1v) is 6.79. The minimum Gasteiger partial charge on any atom is -0.464 e. The van der Waals surface area contributed by atoms with Crippen LogP contribution >= 0.6 is 0 Å². The third-order valence-corrected chi connectivity index (χ3v) is 3.76. The van der Waals surface area contributed by atoms with Crippen molar-refractivity contribution in [3.63, 3.8) is 0 Å². The molecule has 2 fully saturated rings. The largest absolute Gasteiger partial charge is 0.464 e. The standard InChI is InChI=1S/C13H18N4O2/c18-13-11(5-8-19-13)14-9-10-3-2-7-17(10)12-4-1-6-15-16-12/h1,4,6,10-11,14H,2-3,5,7-9H2/t10-,11+/m0/s1. The lowest BCUT2D eigenvalue weighted by Gasteiger charge is -2.26. The third kappa shape index (κ3) is 2.68. The highest BCUT2D eigenvalue weighted by Crippen LogP contribution is 2.22. The molecule has 1 N–H and O–H groups in total. The van der Waals surface area contributed by atoms with Crippen LogP contribution in [0.3, 0.4) is 0 Å². The van der Waals surface area contributed by atoms with Crippen molar-refractivity contribution in [2.24, 2.45) is 0 Å². The maximum Gasteiger partial charge on any atom is 0.323 e. The van der Waals surface area contributed by atoms with Crippen LogP contribution in [0.4, 0.5) is 5.82 Å². The zero-order valence-corrected chi connectivity index (χ0v) is 10.8. The average Bonchev–Trinajstić information content (AvgIpc) is 3.06. The van der Waals surface area contributed by atoms with Crippen molar-refractivity contribution in [2.75, 3.05) is 24.6 Å². The van der Waals surface area contributed by atoms with Gasteiger partial charge in [0.1, 0.15) is 6.04 Å². The van der Waals surface area contributed by atoms with E-state index in [0.717, 1.165) is 38.2 Å². The number of carbonyl (C=O) groups is 1. The van der Waals surface area contributed by atoms with E-state index in [-0.39, 0.29) is 12.0 Å². The van der Waals surface area contributed by atoms with Crippen molar-refractivity contribution in [3.05, 3.63) is 18.3 Å². The molecular weight excluding hydrogens is 244 g/mol. The Labute approximate surface area is 112 Å². The molecule has 0 aromatic carbocycles. The number of esters is 1. The van der Waals surface area contributed by atoms with Gasteiger partial charge in [0.05, 0.1) is 6.61 Å². The monoisotopic (exact) mass is 262 g/mol. The Morgan fingerprint density at radius 1 is 1.47 bits per heavy atom. The van der Waals surface area contributed by atoms with Gasteiger partial charge in [0.15, 0.2) is 5.82 Å². The van der Waals surface area contributed by atoms with Crippen LogP contribution in [-0.4, -0.2) is 47.9 Å². The zero-order chi connectivity index (χ0) is 13.1. The summed E-state index contributed by atoms with van der Waals surface area (Å²) in [6.45, 7) is 2.32. The Bertz CT molecular complexity index is 440. The number of carbonyl (C=O) groups excluding carboxylic acids is 1. The molecule has 2 aliphatic rings. The third-order valence-electron chi connectivity index (χ3n) is 3.76. The lowest BCUT2D eigenvalue weighted by molar-refractivity contribution is -0.139. The minimum atomic E-state index is -0.135. The van der Waals surface area contributed by atoms with Crippen LogP contribution in [0.2, 0.25) is 0 Å². The highest BCUT2D eigenvalue weighted by Gasteiger charge is 2.30. The Morgan fingerprint density at radius 2 is 2.42 bits per heavy atom. The number of rotatable bonds is 4. The molecule has 0 radical (unpaired) electrons. The van der Waals surface area contributed by atoms with Gasteiger partial charge in [0.25, 0.3) is 0 Å². The summed E-state index contributed by atoms with van der Waals surface area (Å²) >= 11 is 0. The van der Waals surface area contributed by atoms with Gasteiger partial charge >= 0.3 is 5.97 Å². The summed E-state index contributed by atoms with van der Waals surface area (Å²) in [6, 6.07) is 4.13. The highest BCUT2D eigenvalue weighted by atomic mass is 16.5. The summed E-state index contributed by atoms with van der Waals surface area (Å²) in [5.41, 5.74) is 0. The number of ether oxygens (including phenoxy) is 1.